The molecule has 0 saturated heterocycles. The molecule has 0 aliphatic carbocycles. The summed E-state index contributed by atoms with van der Waals surface area (Å²) in [5, 5.41) is 12.8. The van der Waals surface area contributed by atoms with E-state index in [1.54, 1.807) is 35.2 Å². The van der Waals surface area contributed by atoms with Crippen molar-refractivity contribution in [2.45, 2.75) is 36.7 Å². The van der Waals surface area contributed by atoms with Gasteiger partial charge in [-0.2, -0.15) is 0 Å². The summed E-state index contributed by atoms with van der Waals surface area (Å²) < 4.78 is 25.7. The van der Waals surface area contributed by atoms with E-state index in [1.807, 2.05) is 0 Å². The highest BCUT2D eigenvalue weighted by atomic mass is 35.5. The Balaban J connectivity index is 1.49. The molecule has 40 heavy (non-hydrogen) atoms. The first-order chi connectivity index (χ1) is 18.9. The standard InChI is InChI=1S/C28H24Cl3FN2O5S/c1-40(39)20-11-15(10-19(32)13-20)2-7-23(28(37)38)33-26(35)24-22(30)12-17-14-34(9-8-21(17)25(24)31)27(36)16-3-5-18(29)6-4-16/h3-6,10-13,23H,2,7-9,14H2,1H3,(H,33,35)(H,37,38)/t23-,40?/m0/s1. The summed E-state index contributed by atoms with van der Waals surface area (Å²) in [7, 11) is 0. The van der Waals surface area contributed by atoms with Gasteiger partial charge in [0.25, 0.3) is 11.8 Å². The van der Waals surface area contributed by atoms with Crippen molar-refractivity contribution in [3.8, 4) is 0 Å². The topological polar surface area (TPSA) is 110 Å². The number of carbonyl (C=O) groups is 3. The van der Waals surface area contributed by atoms with Crippen molar-refractivity contribution in [3.63, 3.8) is 0 Å². The van der Waals surface area contributed by atoms with E-state index in [2.05, 4.69) is 5.32 Å². The molecule has 0 fully saturated rings. The minimum atomic E-state index is -1.41. The van der Waals surface area contributed by atoms with Crippen molar-refractivity contribution in [2.75, 3.05) is 12.8 Å². The van der Waals surface area contributed by atoms with Crippen molar-refractivity contribution in [3.05, 3.63) is 97.2 Å². The lowest BCUT2D eigenvalue weighted by molar-refractivity contribution is -0.139. The number of hydrogen-bond acceptors (Lipinski definition) is 4. The molecule has 7 nitrogen and oxygen atoms in total. The third-order valence-corrected chi connectivity index (χ3v) is 8.47. The van der Waals surface area contributed by atoms with Crippen LogP contribution in [0.3, 0.4) is 0 Å². The fraction of sp³-hybridized carbons (Fsp3) is 0.250. The Hall–Kier alpha value is -2.82. The van der Waals surface area contributed by atoms with Gasteiger partial charge in [-0.1, -0.05) is 34.8 Å². The summed E-state index contributed by atoms with van der Waals surface area (Å²) in [5.41, 5.74) is 2.22. The first-order valence-corrected chi connectivity index (χ1v) is 14.8. The number of benzene rings is 3. The van der Waals surface area contributed by atoms with Gasteiger partial charge in [-0.05, 0) is 89.6 Å². The van der Waals surface area contributed by atoms with Crippen molar-refractivity contribution in [1.82, 2.24) is 10.2 Å². The van der Waals surface area contributed by atoms with E-state index in [0.717, 1.165) is 6.07 Å². The van der Waals surface area contributed by atoms with Crippen molar-refractivity contribution in [2.24, 2.45) is 0 Å². The Labute approximate surface area is 248 Å². The maximum Gasteiger partial charge on any atom is 0.326 e. The Morgan fingerprint density at radius 3 is 2.48 bits per heavy atom. The van der Waals surface area contributed by atoms with Gasteiger partial charge < -0.3 is 19.9 Å². The zero-order chi connectivity index (χ0) is 29.1. The molecule has 2 N–H and O–H groups in total. The van der Waals surface area contributed by atoms with Crippen molar-refractivity contribution in [1.29, 1.82) is 0 Å². The summed E-state index contributed by atoms with van der Waals surface area (Å²) >= 11 is 17.6. The minimum absolute atomic E-state index is 0.0198. The molecular weight excluding hydrogens is 602 g/mol. The average Bonchev–Trinajstić information content (AvgIpc) is 2.90. The third kappa shape index (κ3) is 6.90. The summed E-state index contributed by atoms with van der Waals surface area (Å²) in [6.45, 7) is 0.584. The number of aliphatic carboxylic acids is 1. The summed E-state index contributed by atoms with van der Waals surface area (Å²) in [6.07, 6.45) is 1.85. The molecular formula is C28H24Cl3FN2O5S. The minimum Gasteiger partial charge on any atom is -0.612 e. The van der Waals surface area contributed by atoms with Crippen LogP contribution in [0.15, 0.2) is 53.4 Å². The number of carbonyl (C=O) groups excluding carboxylic acids is 2. The second kappa shape index (κ2) is 12.8. The maximum atomic E-state index is 13.9. The number of nitrogens with one attached hydrogen (secondary N) is 1. The molecule has 1 unspecified atom stereocenters. The van der Waals surface area contributed by atoms with E-state index in [1.165, 1.54) is 18.4 Å². The monoisotopic (exact) mass is 624 g/mol. The number of amides is 2. The van der Waals surface area contributed by atoms with E-state index in [-0.39, 0.29) is 45.8 Å². The van der Waals surface area contributed by atoms with Crippen LogP contribution < -0.4 is 5.32 Å². The molecule has 210 valence electrons. The van der Waals surface area contributed by atoms with Crippen LogP contribution in [0.1, 0.15) is 43.8 Å². The van der Waals surface area contributed by atoms with Gasteiger partial charge in [-0.25, -0.2) is 9.18 Å². The average molecular weight is 626 g/mol. The fourth-order valence-electron chi connectivity index (χ4n) is 4.54. The quantitative estimate of drug-likeness (QED) is 0.320. The predicted octanol–water partition coefficient (Wildman–Crippen LogP) is 5.54. The number of nitrogens with zero attached hydrogens (tertiary/aromatic N) is 1. The molecule has 0 aromatic heterocycles. The maximum absolute atomic E-state index is 13.9. The van der Waals surface area contributed by atoms with E-state index >= 15 is 0 Å². The lowest BCUT2D eigenvalue weighted by Crippen LogP contribution is -2.41. The summed E-state index contributed by atoms with van der Waals surface area (Å²) in [4.78, 5) is 40.0. The van der Waals surface area contributed by atoms with Crippen LogP contribution in [0.25, 0.3) is 0 Å². The van der Waals surface area contributed by atoms with Crippen LogP contribution in [-0.4, -0.2) is 51.2 Å². The van der Waals surface area contributed by atoms with Crippen LogP contribution in [0, 0.1) is 5.82 Å². The molecule has 1 aliphatic heterocycles. The lowest BCUT2D eigenvalue weighted by atomic mass is 9.95. The number of fused-ring (bicyclic) bond motifs is 1. The Morgan fingerprint density at radius 2 is 1.82 bits per heavy atom. The number of carboxylic acids is 1. The second-order valence-electron chi connectivity index (χ2n) is 9.32. The third-order valence-electron chi connectivity index (χ3n) is 6.60. The summed E-state index contributed by atoms with van der Waals surface area (Å²) in [6, 6.07) is 10.7. The SMILES string of the molecule is C[S+]([O-])c1cc(F)cc(CC[C@H](NC(=O)c2c(Cl)cc3c(c2Cl)CCN(C(=O)c2ccc(Cl)cc2)C3)C(=O)O)c1. The van der Waals surface area contributed by atoms with Gasteiger partial charge >= 0.3 is 5.97 Å². The van der Waals surface area contributed by atoms with E-state index < -0.39 is 34.9 Å². The summed E-state index contributed by atoms with van der Waals surface area (Å²) in [5.74, 6) is -2.82. The first-order valence-electron chi connectivity index (χ1n) is 12.2. The molecule has 1 aliphatic rings. The second-order valence-corrected chi connectivity index (χ2v) is 11.9. The van der Waals surface area contributed by atoms with Crippen LogP contribution in [0.2, 0.25) is 15.1 Å². The van der Waals surface area contributed by atoms with Gasteiger partial charge in [0.05, 0.1) is 15.6 Å². The number of hydrogen-bond donors (Lipinski definition) is 2. The van der Waals surface area contributed by atoms with Gasteiger partial charge in [-0.3, -0.25) is 9.59 Å². The number of carboxylic acid groups (broad SMARTS) is 1. The van der Waals surface area contributed by atoms with E-state index in [9.17, 15) is 28.4 Å². The van der Waals surface area contributed by atoms with Crippen LogP contribution >= 0.6 is 34.8 Å². The van der Waals surface area contributed by atoms with Crippen LogP contribution in [0.5, 0.6) is 0 Å². The van der Waals surface area contributed by atoms with Crippen molar-refractivity contribution >= 4 is 63.8 Å². The molecule has 0 saturated carbocycles. The number of halogens is 4. The Morgan fingerprint density at radius 1 is 1.12 bits per heavy atom. The van der Waals surface area contributed by atoms with E-state index in [0.29, 0.717) is 40.2 Å². The molecule has 0 bridgehead atoms. The van der Waals surface area contributed by atoms with Gasteiger partial charge in [0, 0.05) is 29.7 Å². The smallest absolute Gasteiger partial charge is 0.326 e. The zero-order valence-corrected chi connectivity index (χ0v) is 24.3. The molecule has 3 aromatic rings. The molecule has 2 amide bonds. The highest BCUT2D eigenvalue weighted by molar-refractivity contribution is 7.90. The molecule has 1 heterocycles. The highest BCUT2D eigenvalue weighted by Gasteiger charge is 2.29. The van der Waals surface area contributed by atoms with Crippen molar-refractivity contribution < 1.29 is 28.4 Å². The van der Waals surface area contributed by atoms with Gasteiger partial charge in [-0.15, -0.1) is 0 Å². The Bertz CT molecular complexity index is 1470. The Kier molecular flexibility index (Phi) is 9.64. The van der Waals surface area contributed by atoms with Gasteiger partial charge in [0.1, 0.15) is 18.1 Å². The predicted molar refractivity (Wildman–Crippen MR) is 152 cm³/mol. The molecule has 0 spiro atoms. The lowest BCUT2D eigenvalue weighted by Gasteiger charge is -2.30. The molecule has 3 aromatic carbocycles. The van der Waals surface area contributed by atoms with Crippen LogP contribution in [0.4, 0.5) is 4.39 Å². The highest BCUT2D eigenvalue weighted by Crippen LogP contribution is 2.35. The van der Waals surface area contributed by atoms with Gasteiger partial charge in [0.2, 0.25) is 0 Å². The molecule has 4 rings (SSSR count). The fourth-order valence-corrected chi connectivity index (χ4v) is 6.02. The molecule has 2 atom stereocenters. The first kappa shape index (κ1) is 30.1. The van der Waals surface area contributed by atoms with Crippen LogP contribution in [-0.2, 0) is 35.4 Å². The largest absolute Gasteiger partial charge is 0.612 e. The van der Waals surface area contributed by atoms with Gasteiger partial charge in [0.15, 0.2) is 4.90 Å². The molecule has 0 radical (unpaired) electrons. The number of aryl methyl sites for hydroxylation is 1. The number of rotatable bonds is 8. The zero-order valence-electron chi connectivity index (χ0n) is 21.2. The van der Waals surface area contributed by atoms with E-state index in [4.69, 9.17) is 34.8 Å². The molecule has 12 heteroatoms. The normalized spacial score (nSPS) is 14.3.